The SMILES string of the molecule is CCOc1ccc(-c2nc(C#N)c(N3CCNCC3)o2)cc1. The van der Waals surface area contributed by atoms with Gasteiger partial charge in [0, 0.05) is 31.7 Å². The minimum Gasteiger partial charge on any atom is -0.494 e. The molecular formula is C16H18N4O2. The first-order valence-electron chi connectivity index (χ1n) is 7.41. The van der Waals surface area contributed by atoms with E-state index >= 15 is 0 Å². The van der Waals surface area contributed by atoms with Crippen molar-refractivity contribution in [3.8, 4) is 23.3 Å². The highest BCUT2D eigenvalue weighted by Crippen LogP contribution is 2.29. The van der Waals surface area contributed by atoms with E-state index in [0.29, 0.717) is 24.1 Å². The molecule has 1 fully saturated rings. The van der Waals surface area contributed by atoms with Crippen LogP contribution in [0.15, 0.2) is 28.7 Å². The Bertz CT molecular complexity index is 666. The molecule has 6 nitrogen and oxygen atoms in total. The molecule has 0 atom stereocenters. The van der Waals surface area contributed by atoms with E-state index in [1.165, 1.54) is 0 Å². The van der Waals surface area contributed by atoms with E-state index in [1.54, 1.807) is 0 Å². The number of nitrogens with zero attached hydrogens (tertiary/aromatic N) is 3. The highest BCUT2D eigenvalue weighted by atomic mass is 16.5. The van der Waals surface area contributed by atoms with Crippen molar-refractivity contribution in [1.29, 1.82) is 5.26 Å². The number of aromatic nitrogens is 1. The van der Waals surface area contributed by atoms with Gasteiger partial charge in [0.25, 0.3) is 0 Å². The molecule has 22 heavy (non-hydrogen) atoms. The van der Waals surface area contributed by atoms with Crippen LogP contribution in [0.4, 0.5) is 5.88 Å². The summed E-state index contributed by atoms with van der Waals surface area (Å²) in [6.07, 6.45) is 0. The van der Waals surface area contributed by atoms with E-state index in [0.717, 1.165) is 37.5 Å². The van der Waals surface area contributed by atoms with Crippen LogP contribution in [0.5, 0.6) is 5.75 Å². The van der Waals surface area contributed by atoms with Gasteiger partial charge in [-0.1, -0.05) is 0 Å². The largest absolute Gasteiger partial charge is 0.494 e. The molecule has 1 aromatic carbocycles. The quantitative estimate of drug-likeness (QED) is 0.931. The third-order valence-corrected chi connectivity index (χ3v) is 3.53. The molecule has 1 aliphatic heterocycles. The Kier molecular flexibility index (Phi) is 4.26. The van der Waals surface area contributed by atoms with E-state index in [9.17, 15) is 5.26 Å². The summed E-state index contributed by atoms with van der Waals surface area (Å²) in [7, 11) is 0. The lowest BCUT2D eigenvalue weighted by atomic mass is 10.2. The molecule has 0 bridgehead atoms. The fraction of sp³-hybridized carbons (Fsp3) is 0.375. The summed E-state index contributed by atoms with van der Waals surface area (Å²) < 4.78 is 11.3. The number of benzene rings is 1. The maximum atomic E-state index is 9.29. The van der Waals surface area contributed by atoms with Crippen LogP contribution >= 0.6 is 0 Å². The molecule has 0 aliphatic carbocycles. The van der Waals surface area contributed by atoms with Crippen LogP contribution in [-0.4, -0.2) is 37.8 Å². The van der Waals surface area contributed by atoms with Gasteiger partial charge < -0.3 is 19.4 Å². The highest BCUT2D eigenvalue weighted by molar-refractivity contribution is 5.60. The topological polar surface area (TPSA) is 74.3 Å². The number of nitriles is 1. The monoisotopic (exact) mass is 298 g/mol. The first kappa shape index (κ1) is 14.4. The Hall–Kier alpha value is -2.52. The number of hydrogen-bond acceptors (Lipinski definition) is 6. The van der Waals surface area contributed by atoms with E-state index in [2.05, 4.69) is 21.3 Å². The number of ether oxygens (including phenoxy) is 1. The lowest BCUT2D eigenvalue weighted by Gasteiger charge is -2.26. The molecule has 0 saturated carbocycles. The average molecular weight is 298 g/mol. The Morgan fingerprint density at radius 1 is 1.32 bits per heavy atom. The van der Waals surface area contributed by atoms with Crippen molar-refractivity contribution < 1.29 is 9.15 Å². The lowest BCUT2D eigenvalue weighted by molar-refractivity contribution is 0.340. The van der Waals surface area contributed by atoms with Crippen molar-refractivity contribution in [1.82, 2.24) is 10.3 Å². The number of rotatable bonds is 4. The fourth-order valence-corrected chi connectivity index (χ4v) is 2.45. The molecule has 1 aromatic heterocycles. The molecule has 6 heteroatoms. The lowest BCUT2D eigenvalue weighted by Crippen LogP contribution is -2.43. The zero-order chi connectivity index (χ0) is 15.4. The van der Waals surface area contributed by atoms with Gasteiger partial charge in [0.2, 0.25) is 17.5 Å². The zero-order valence-corrected chi connectivity index (χ0v) is 12.5. The van der Waals surface area contributed by atoms with E-state index in [-0.39, 0.29) is 0 Å². The molecule has 0 amide bonds. The van der Waals surface area contributed by atoms with Gasteiger partial charge in [-0.15, -0.1) is 0 Å². The molecule has 1 N–H and O–H groups in total. The van der Waals surface area contributed by atoms with Crippen LogP contribution in [0.25, 0.3) is 11.5 Å². The third kappa shape index (κ3) is 2.90. The molecule has 1 saturated heterocycles. The predicted molar refractivity (Wildman–Crippen MR) is 82.9 cm³/mol. The predicted octanol–water partition coefficient (Wildman–Crippen LogP) is 2.02. The van der Waals surface area contributed by atoms with E-state index < -0.39 is 0 Å². The highest BCUT2D eigenvalue weighted by Gasteiger charge is 2.21. The molecule has 0 radical (unpaired) electrons. The number of oxazole rings is 1. The maximum absolute atomic E-state index is 9.29. The van der Waals surface area contributed by atoms with Crippen molar-refractivity contribution in [3.63, 3.8) is 0 Å². The summed E-state index contributed by atoms with van der Waals surface area (Å²) in [5.41, 5.74) is 1.17. The van der Waals surface area contributed by atoms with Crippen LogP contribution in [0, 0.1) is 11.3 Å². The van der Waals surface area contributed by atoms with Crippen LogP contribution in [-0.2, 0) is 0 Å². The normalized spacial score (nSPS) is 14.6. The molecule has 0 unspecified atom stereocenters. The zero-order valence-electron chi connectivity index (χ0n) is 12.5. The first-order valence-corrected chi connectivity index (χ1v) is 7.41. The molecular weight excluding hydrogens is 280 g/mol. The second-order valence-corrected chi connectivity index (χ2v) is 4.98. The smallest absolute Gasteiger partial charge is 0.235 e. The van der Waals surface area contributed by atoms with Crippen molar-refractivity contribution in [2.45, 2.75) is 6.92 Å². The Balaban J connectivity index is 1.88. The van der Waals surface area contributed by atoms with Gasteiger partial charge in [0.15, 0.2) is 0 Å². The fourth-order valence-electron chi connectivity index (χ4n) is 2.45. The van der Waals surface area contributed by atoms with Crippen LogP contribution in [0.3, 0.4) is 0 Å². The first-order chi connectivity index (χ1) is 10.8. The summed E-state index contributed by atoms with van der Waals surface area (Å²) in [6, 6.07) is 9.65. The summed E-state index contributed by atoms with van der Waals surface area (Å²) in [6.45, 7) is 5.96. The summed E-state index contributed by atoms with van der Waals surface area (Å²) in [5, 5.41) is 12.6. The number of nitrogens with one attached hydrogen (secondary N) is 1. The average Bonchev–Trinajstić information content (AvgIpc) is 3.01. The van der Waals surface area contributed by atoms with Crippen molar-refractivity contribution in [2.75, 3.05) is 37.7 Å². The molecule has 114 valence electrons. The summed E-state index contributed by atoms with van der Waals surface area (Å²) in [5.74, 6) is 1.83. The number of hydrogen-bond donors (Lipinski definition) is 1. The van der Waals surface area contributed by atoms with Gasteiger partial charge in [-0.2, -0.15) is 10.2 Å². The second kappa shape index (κ2) is 6.50. The molecule has 1 aliphatic rings. The van der Waals surface area contributed by atoms with Crippen molar-refractivity contribution in [3.05, 3.63) is 30.0 Å². The molecule has 2 heterocycles. The number of piperazine rings is 1. The standard InChI is InChI=1S/C16H18N4O2/c1-2-21-13-5-3-12(4-6-13)15-19-14(11-17)16(22-15)20-9-7-18-8-10-20/h3-6,18H,2,7-10H2,1H3. The number of anilines is 1. The Morgan fingerprint density at radius 2 is 2.05 bits per heavy atom. The van der Waals surface area contributed by atoms with Gasteiger partial charge in [-0.25, -0.2) is 0 Å². The van der Waals surface area contributed by atoms with Crippen LogP contribution in [0.1, 0.15) is 12.6 Å². The summed E-state index contributed by atoms with van der Waals surface area (Å²) >= 11 is 0. The molecule has 3 rings (SSSR count). The second-order valence-electron chi connectivity index (χ2n) is 4.98. The van der Waals surface area contributed by atoms with E-state index in [1.807, 2.05) is 31.2 Å². The minimum atomic E-state index is 0.339. The Morgan fingerprint density at radius 3 is 2.68 bits per heavy atom. The Labute approximate surface area is 129 Å². The van der Waals surface area contributed by atoms with Gasteiger partial charge in [0.05, 0.1) is 6.61 Å². The van der Waals surface area contributed by atoms with Crippen LogP contribution < -0.4 is 15.0 Å². The minimum absolute atomic E-state index is 0.339. The molecule has 0 spiro atoms. The van der Waals surface area contributed by atoms with Gasteiger partial charge >= 0.3 is 0 Å². The van der Waals surface area contributed by atoms with Crippen molar-refractivity contribution in [2.24, 2.45) is 0 Å². The summed E-state index contributed by atoms with van der Waals surface area (Å²) in [4.78, 5) is 6.37. The van der Waals surface area contributed by atoms with Gasteiger partial charge in [-0.05, 0) is 31.2 Å². The van der Waals surface area contributed by atoms with Crippen molar-refractivity contribution >= 4 is 5.88 Å². The van der Waals surface area contributed by atoms with E-state index in [4.69, 9.17) is 9.15 Å². The maximum Gasteiger partial charge on any atom is 0.235 e. The van der Waals surface area contributed by atoms with Gasteiger partial charge in [0.1, 0.15) is 11.8 Å². The van der Waals surface area contributed by atoms with Crippen LogP contribution in [0.2, 0.25) is 0 Å². The third-order valence-electron chi connectivity index (χ3n) is 3.53. The van der Waals surface area contributed by atoms with Gasteiger partial charge in [-0.3, -0.25) is 0 Å². The molecule has 2 aromatic rings.